The fourth-order valence-electron chi connectivity index (χ4n) is 3.69. The van der Waals surface area contributed by atoms with E-state index < -0.39 is 0 Å². The number of aryl methyl sites for hydroxylation is 2. The van der Waals surface area contributed by atoms with Crippen LogP contribution in [0.3, 0.4) is 0 Å². The average Bonchev–Trinajstić information content (AvgIpc) is 3.09. The summed E-state index contributed by atoms with van der Waals surface area (Å²) in [5.74, 6) is 1.41. The van der Waals surface area contributed by atoms with E-state index >= 15 is 0 Å². The lowest BCUT2D eigenvalue weighted by molar-refractivity contribution is -0.136. The van der Waals surface area contributed by atoms with Gasteiger partial charge in [-0.05, 0) is 57.1 Å². The van der Waals surface area contributed by atoms with Gasteiger partial charge in [0.25, 0.3) is 0 Å². The van der Waals surface area contributed by atoms with Crippen LogP contribution in [0.4, 0.5) is 0 Å². The molecule has 1 amide bonds. The van der Waals surface area contributed by atoms with Crippen LogP contribution in [0.5, 0.6) is 0 Å². The van der Waals surface area contributed by atoms with Gasteiger partial charge in [0.05, 0.1) is 5.92 Å². The summed E-state index contributed by atoms with van der Waals surface area (Å²) in [5, 5.41) is 3.30. The highest BCUT2D eigenvalue weighted by atomic mass is 16.2. The highest BCUT2D eigenvalue weighted by Gasteiger charge is 2.29. The van der Waals surface area contributed by atoms with Crippen molar-refractivity contribution < 1.29 is 4.79 Å². The molecule has 0 bridgehead atoms. The van der Waals surface area contributed by atoms with E-state index in [4.69, 9.17) is 0 Å². The first-order valence-electron chi connectivity index (χ1n) is 8.77. The summed E-state index contributed by atoms with van der Waals surface area (Å²) in [6, 6.07) is 8.90. The molecule has 0 aliphatic carbocycles. The van der Waals surface area contributed by atoms with E-state index in [9.17, 15) is 4.79 Å². The third-order valence-electron chi connectivity index (χ3n) is 5.30. The molecule has 0 spiro atoms. The quantitative estimate of drug-likeness (QED) is 0.927. The molecule has 1 atom stereocenters. The van der Waals surface area contributed by atoms with Crippen LogP contribution >= 0.6 is 0 Å². The number of nitrogens with zero attached hydrogens (tertiary/aromatic N) is 1. The summed E-state index contributed by atoms with van der Waals surface area (Å²) < 4.78 is 0. The highest BCUT2D eigenvalue weighted by Crippen LogP contribution is 2.24. The first-order valence-corrected chi connectivity index (χ1v) is 8.77. The molecule has 2 aliphatic rings. The number of likely N-dealkylation sites (tertiary alicyclic amines) is 1. The van der Waals surface area contributed by atoms with Gasteiger partial charge in [-0.3, -0.25) is 4.79 Å². The lowest BCUT2D eigenvalue weighted by Gasteiger charge is -2.33. The van der Waals surface area contributed by atoms with Crippen molar-refractivity contribution in [3.63, 3.8) is 0 Å². The van der Waals surface area contributed by atoms with Crippen LogP contribution in [0.25, 0.3) is 0 Å². The number of nitrogens with one attached hydrogen (secondary N) is 1. The second kappa shape index (κ2) is 7.28. The SMILES string of the molecule is Cc1ccc(CCC2CCN(C(=O)C3CCNC3)CC2)cc1. The Kier molecular flexibility index (Phi) is 5.14. The first kappa shape index (κ1) is 15.5. The summed E-state index contributed by atoms with van der Waals surface area (Å²) in [4.78, 5) is 14.5. The fraction of sp³-hybridized carbons (Fsp3) is 0.632. The molecule has 2 fully saturated rings. The third kappa shape index (κ3) is 3.89. The minimum absolute atomic E-state index is 0.240. The monoisotopic (exact) mass is 300 g/mol. The normalized spacial score (nSPS) is 23.0. The van der Waals surface area contributed by atoms with E-state index in [2.05, 4.69) is 41.4 Å². The number of carbonyl (C=O) groups is 1. The van der Waals surface area contributed by atoms with E-state index in [1.54, 1.807) is 0 Å². The van der Waals surface area contributed by atoms with Crippen LogP contribution < -0.4 is 5.32 Å². The molecule has 22 heavy (non-hydrogen) atoms. The van der Waals surface area contributed by atoms with Gasteiger partial charge < -0.3 is 10.2 Å². The van der Waals surface area contributed by atoms with Crippen molar-refractivity contribution in [2.75, 3.05) is 26.2 Å². The van der Waals surface area contributed by atoms with E-state index in [1.165, 1.54) is 36.8 Å². The van der Waals surface area contributed by atoms with Crippen LogP contribution in [0.15, 0.2) is 24.3 Å². The van der Waals surface area contributed by atoms with Gasteiger partial charge in [0.1, 0.15) is 0 Å². The van der Waals surface area contributed by atoms with E-state index in [1.807, 2.05) is 0 Å². The Morgan fingerprint density at radius 2 is 1.91 bits per heavy atom. The van der Waals surface area contributed by atoms with Crippen molar-refractivity contribution in [1.82, 2.24) is 10.2 Å². The number of hydrogen-bond donors (Lipinski definition) is 1. The molecular weight excluding hydrogens is 272 g/mol. The van der Waals surface area contributed by atoms with Crippen molar-refractivity contribution >= 4 is 5.91 Å². The van der Waals surface area contributed by atoms with Crippen molar-refractivity contribution in [3.8, 4) is 0 Å². The topological polar surface area (TPSA) is 32.3 Å². The van der Waals surface area contributed by atoms with Crippen LogP contribution in [0.1, 0.15) is 36.8 Å². The molecule has 2 saturated heterocycles. The minimum Gasteiger partial charge on any atom is -0.342 e. The Hall–Kier alpha value is -1.35. The molecule has 3 heteroatoms. The summed E-state index contributed by atoms with van der Waals surface area (Å²) >= 11 is 0. The largest absolute Gasteiger partial charge is 0.342 e. The van der Waals surface area contributed by atoms with Crippen molar-refractivity contribution in [1.29, 1.82) is 0 Å². The smallest absolute Gasteiger partial charge is 0.227 e. The lowest BCUT2D eigenvalue weighted by atomic mass is 9.90. The number of carbonyl (C=O) groups excluding carboxylic acids is 1. The molecule has 120 valence electrons. The molecule has 0 aromatic heterocycles. The van der Waals surface area contributed by atoms with Crippen LogP contribution in [0, 0.1) is 18.8 Å². The maximum atomic E-state index is 12.4. The maximum Gasteiger partial charge on any atom is 0.227 e. The van der Waals surface area contributed by atoms with Gasteiger partial charge in [-0.15, -0.1) is 0 Å². The van der Waals surface area contributed by atoms with E-state index in [-0.39, 0.29) is 5.92 Å². The summed E-state index contributed by atoms with van der Waals surface area (Å²) in [6.07, 6.45) is 5.81. The van der Waals surface area contributed by atoms with Gasteiger partial charge in [0, 0.05) is 19.6 Å². The van der Waals surface area contributed by atoms with Gasteiger partial charge in [-0.2, -0.15) is 0 Å². The molecule has 1 aromatic rings. The van der Waals surface area contributed by atoms with Crippen LogP contribution in [-0.2, 0) is 11.2 Å². The standard InChI is InChI=1S/C19H28N2O/c1-15-2-4-16(5-3-15)6-7-17-9-12-21(13-10-17)19(22)18-8-11-20-14-18/h2-5,17-18,20H,6-14H2,1H3. The zero-order valence-electron chi connectivity index (χ0n) is 13.7. The number of piperidine rings is 1. The Morgan fingerprint density at radius 3 is 2.55 bits per heavy atom. The average molecular weight is 300 g/mol. The van der Waals surface area contributed by atoms with Crippen molar-refractivity contribution in [2.45, 2.75) is 39.0 Å². The van der Waals surface area contributed by atoms with Crippen molar-refractivity contribution in [3.05, 3.63) is 35.4 Å². The first-order chi connectivity index (χ1) is 10.7. The molecule has 3 rings (SSSR count). The van der Waals surface area contributed by atoms with Gasteiger partial charge >= 0.3 is 0 Å². The second-order valence-corrected chi connectivity index (χ2v) is 6.98. The zero-order valence-corrected chi connectivity index (χ0v) is 13.7. The molecule has 1 aromatic carbocycles. The molecule has 0 radical (unpaired) electrons. The predicted molar refractivity (Wildman–Crippen MR) is 89.8 cm³/mol. The highest BCUT2D eigenvalue weighted by molar-refractivity contribution is 5.79. The van der Waals surface area contributed by atoms with Gasteiger partial charge in [0.15, 0.2) is 0 Å². The molecule has 1 N–H and O–H groups in total. The summed E-state index contributed by atoms with van der Waals surface area (Å²) in [7, 11) is 0. The number of hydrogen-bond acceptors (Lipinski definition) is 2. The van der Waals surface area contributed by atoms with Crippen LogP contribution in [-0.4, -0.2) is 37.0 Å². The van der Waals surface area contributed by atoms with E-state index in [0.717, 1.165) is 38.5 Å². The Morgan fingerprint density at radius 1 is 1.18 bits per heavy atom. The second-order valence-electron chi connectivity index (χ2n) is 6.98. The molecule has 2 heterocycles. The minimum atomic E-state index is 0.240. The zero-order chi connectivity index (χ0) is 15.4. The lowest BCUT2D eigenvalue weighted by Crippen LogP contribution is -2.42. The molecule has 3 nitrogen and oxygen atoms in total. The Balaban J connectivity index is 1.41. The number of amides is 1. The van der Waals surface area contributed by atoms with E-state index in [0.29, 0.717) is 5.91 Å². The fourth-order valence-corrected chi connectivity index (χ4v) is 3.69. The maximum absolute atomic E-state index is 12.4. The number of rotatable bonds is 4. The molecular formula is C19H28N2O. The Bertz CT molecular complexity index is 483. The number of benzene rings is 1. The van der Waals surface area contributed by atoms with Crippen LogP contribution in [0.2, 0.25) is 0 Å². The molecule has 1 unspecified atom stereocenters. The Labute approximate surface area is 134 Å². The molecule has 0 saturated carbocycles. The predicted octanol–water partition coefficient (Wildman–Crippen LogP) is 2.78. The summed E-state index contributed by atoms with van der Waals surface area (Å²) in [5.41, 5.74) is 2.78. The third-order valence-corrected chi connectivity index (χ3v) is 5.30. The van der Waals surface area contributed by atoms with Gasteiger partial charge in [-0.1, -0.05) is 29.8 Å². The molecule has 2 aliphatic heterocycles. The van der Waals surface area contributed by atoms with Crippen molar-refractivity contribution in [2.24, 2.45) is 11.8 Å². The van der Waals surface area contributed by atoms with Gasteiger partial charge in [-0.25, -0.2) is 0 Å². The summed E-state index contributed by atoms with van der Waals surface area (Å²) in [6.45, 7) is 5.95. The van der Waals surface area contributed by atoms with Gasteiger partial charge in [0.2, 0.25) is 5.91 Å².